The Balaban J connectivity index is 1.72. The highest BCUT2D eigenvalue weighted by Gasteiger charge is 2.31. The van der Waals surface area contributed by atoms with Gasteiger partial charge in [0.15, 0.2) is 0 Å². The van der Waals surface area contributed by atoms with Gasteiger partial charge in [-0.15, -0.1) is 0 Å². The topological polar surface area (TPSA) is 29.9 Å². The van der Waals surface area contributed by atoms with Gasteiger partial charge in [0.2, 0.25) is 0 Å². The highest BCUT2D eigenvalue weighted by Crippen LogP contribution is 2.38. The monoisotopic (exact) mass is 379 g/mol. The fourth-order valence-corrected chi connectivity index (χ4v) is 3.82. The van der Waals surface area contributed by atoms with Crippen LogP contribution in [0.2, 0.25) is 0 Å². The number of nitrogens with one attached hydrogen (secondary N) is 1. The van der Waals surface area contributed by atoms with Gasteiger partial charge in [-0.25, -0.2) is 4.68 Å². The van der Waals surface area contributed by atoms with E-state index in [9.17, 15) is 13.2 Å². The van der Waals surface area contributed by atoms with Gasteiger partial charge in [0.1, 0.15) is 5.82 Å². The van der Waals surface area contributed by atoms with Crippen molar-refractivity contribution in [2.75, 3.05) is 11.9 Å². The fraction of sp³-hybridized carbons (Fsp3) is 0.136. The maximum atomic E-state index is 13.2. The van der Waals surface area contributed by atoms with Gasteiger partial charge in [-0.1, -0.05) is 48.5 Å². The molecule has 0 radical (unpaired) electrons. The summed E-state index contributed by atoms with van der Waals surface area (Å²) < 4.78 is 41.1. The number of fused-ring (bicyclic) bond motifs is 2. The number of halogens is 3. The lowest BCUT2D eigenvalue weighted by Crippen LogP contribution is -2.08. The summed E-state index contributed by atoms with van der Waals surface area (Å²) in [6.07, 6.45) is -3.61. The molecule has 1 aliphatic rings. The van der Waals surface area contributed by atoms with Gasteiger partial charge < -0.3 is 5.32 Å². The van der Waals surface area contributed by atoms with Gasteiger partial charge in [0, 0.05) is 17.7 Å². The quantitative estimate of drug-likeness (QED) is 0.486. The first-order valence-corrected chi connectivity index (χ1v) is 9.04. The maximum absolute atomic E-state index is 13.2. The highest BCUT2D eigenvalue weighted by atomic mass is 19.4. The van der Waals surface area contributed by atoms with Gasteiger partial charge in [0.05, 0.1) is 16.9 Å². The first kappa shape index (κ1) is 16.9. The highest BCUT2D eigenvalue weighted by molar-refractivity contribution is 5.97. The third-order valence-electron chi connectivity index (χ3n) is 5.11. The molecule has 3 aromatic carbocycles. The summed E-state index contributed by atoms with van der Waals surface area (Å²) in [7, 11) is 0. The Bertz CT molecular complexity index is 1190. The molecule has 0 saturated heterocycles. The maximum Gasteiger partial charge on any atom is 0.416 e. The Kier molecular flexibility index (Phi) is 3.69. The number of rotatable bonds is 2. The van der Waals surface area contributed by atoms with Crippen LogP contribution in [0, 0.1) is 0 Å². The van der Waals surface area contributed by atoms with Crippen molar-refractivity contribution in [3.05, 3.63) is 77.9 Å². The number of alkyl halides is 3. The van der Waals surface area contributed by atoms with Gasteiger partial charge in [-0.3, -0.25) is 0 Å². The van der Waals surface area contributed by atoms with E-state index in [1.165, 1.54) is 6.07 Å². The van der Waals surface area contributed by atoms with E-state index in [1.54, 1.807) is 10.7 Å². The van der Waals surface area contributed by atoms with Crippen LogP contribution in [-0.2, 0) is 12.6 Å². The second-order valence-corrected chi connectivity index (χ2v) is 6.84. The molecule has 0 fully saturated rings. The third kappa shape index (κ3) is 2.64. The lowest BCUT2D eigenvalue weighted by atomic mass is 9.99. The summed E-state index contributed by atoms with van der Waals surface area (Å²) in [5.41, 5.74) is 2.55. The summed E-state index contributed by atoms with van der Waals surface area (Å²) >= 11 is 0. The predicted octanol–water partition coefficient (Wildman–Crippen LogP) is 5.68. The standard InChI is InChI=1S/C22H16F3N3/c23-22(24,25)15-7-4-8-16(13-15)28-21-19(11-12-26-21)20(27-28)18-10-3-6-14-5-1-2-9-17(14)18/h1-10,13,26H,11-12H2. The van der Waals surface area contributed by atoms with E-state index < -0.39 is 11.7 Å². The van der Waals surface area contributed by atoms with Crippen molar-refractivity contribution in [1.82, 2.24) is 9.78 Å². The molecule has 0 aliphatic carbocycles. The molecule has 5 rings (SSSR count). The first-order chi connectivity index (χ1) is 13.5. The van der Waals surface area contributed by atoms with Crippen LogP contribution < -0.4 is 5.32 Å². The summed E-state index contributed by atoms with van der Waals surface area (Å²) in [6, 6.07) is 19.4. The van der Waals surface area contributed by atoms with E-state index in [0.717, 1.165) is 58.5 Å². The predicted molar refractivity (Wildman–Crippen MR) is 104 cm³/mol. The van der Waals surface area contributed by atoms with E-state index in [0.29, 0.717) is 5.69 Å². The average Bonchev–Trinajstić information content (AvgIpc) is 3.30. The molecule has 2 heterocycles. The normalized spacial score (nSPS) is 13.5. The second kappa shape index (κ2) is 6.12. The Labute approximate surface area is 159 Å². The molecule has 3 nitrogen and oxygen atoms in total. The Morgan fingerprint density at radius 2 is 1.71 bits per heavy atom. The van der Waals surface area contributed by atoms with Crippen LogP contribution >= 0.6 is 0 Å². The SMILES string of the molecule is FC(F)(F)c1cccc(-n2nc(-c3cccc4ccccc34)c3c2NCC3)c1. The van der Waals surface area contributed by atoms with Crippen molar-refractivity contribution >= 4 is 16.6 Å². The van der Waals surface area contributed by atoms with Crippen LogP contribution in [0.5, 0.6) is 0 Å². The molecule has 140 valence electrons. The lowest BCUT2D eigenvalue weighted by Gasteiger charge is -2.10. The Hall–Kier alpha value is -3.28. The van der Waals surface area contributed by atoms with Crippen molar-refractivity contribution in [2.24, 2.45) is 0 Å². The van der Waals surface area contributed by atoms with E-state index in [1.807, 2.05) is 42.5 Å². The number of aromatic nitrogens is 2. The minimum Gasteiger partial charge on any atom is -0.369 e. The smallest absolute Gasteiger partial charge is 0.369 e. The fourth-order valence-electron chi connectivity index (χ4n) is 3.82. The summed E-state index contributed by atoms with van der Waals surface area (Å²) in [4.78, 5) is 0. The number of hydrogen-bond acceptors (Lipinski definition) is 2. The molecule has 0 amide bonds. The molecular weight excluding hydrogens is 363 g/mol. The molecular formula is C22H16F3N3. The van der Waals surface area contributed by atoms with Crippen LogP contribution in [-0.4, -0.2) is 16.3 Å². The van der Waals surface area contributed by atoms with Gasteiger partial charge in [-0.05, 0) is 35.4 Å². The molecule has 1 aromatic heterocycles. The number of nitrogens with zero attached hydrogens (tertiary/aromatic N) is 2. The zero-order chi connectivity index (χ0) is 19.3. The summed E-state index contributed by atoms with van der Waals surface area (Å²) in [5.74, 6) is 0.766. The second-order valence-electron chi connectivity index (χ2n) is 6.84. The minimum atomic E-state index is -4.39. The first-order valence-electron chi connectivity index (χ1n) is 9.04. The third-order valence-corrected chi connectivity index (χ3v) is 5.11. The van der Waals surface area contributed by atoms with Crippen LogP contribution in [0.15, 0.2) is 66.7 Å². The van der Waals surface area contributed by atoms with Crippen molar-refractivity contribution in [3.8, 4) is 16.9 Å². The number of benzene rings is 3. The minimum absolute atomic E-state index is 0.395. The molecule has 1 aliphatic heterocycles. The lowest BCUT2D eigenvalue weighted by molar-refractivity contribution is -0.137. The Morgan fingerprint density at radius 3 is 2.57 bits per heavy atom. The van der Waals surface area contributed by atoms with Crippen molar-refractivity contribution in [3.63, 3.8) is 0 Å². The molecule has 4 aromatic rings. The van der Waals surface area contributed by atoms with E-state index in [4.69, 9.17) is 5.10 Å². The van der Waals surface area contributed by atoms with Crippen LogP contribution in [0.25, 0.3) is 27.7 Å². The van der Waals surface area contributed by atoms with Crippen LogP contribution in [0.1, 0.15) is 11.1 Å². The number of hydrogen-bond donors (Lipinski definition) is 1. The largest absolute Gasteiger partial charge is 0.416 e. The van der Waals surface area contributed by atoms with Crippen molar-refractivity contribution < 1.29 is 13.2 Å². The van der Waals surface area contributed by atoms with E-state index >= 15 is 0 Å². The average molecular weight is 379 g/mol. The zero-order valence-electron chi connectivity index (χ0n) is 14.8. The van der Waals surface area contributed by atoms with E-state index in [-0.39, 0.29) is 0 Å². The molecule has 1 N–H and O–H groups in total. The molecule has 6 heteroatoms. The molecule has 0 unspecified atom stereocenters. The van der Waals surface area contributed by atoms with Crippen molar-refractivity contribution in [2.45, 2.75) is 12.6 Å². The van der Waals surface area contributed by atoms with Crippen LogP contribution in [0.4, 0.5) is 19.0 Å². The van der Waals surface area contributed by atoms with Crippen LogP contribution in [0.3, 0.4) is 0 Å². The Morgan fingerprint density at radius 1 is 0.929 bits per heavy atom. The molecule has 0 atom stereocenters. The van der Waals surface area contributed by atoms with Gasteiger partial charge in [-0.2, -0.15) is 18.3 Å². The summed E-state index contributed by atoms with van der Waals surface area (Å²) in [6.45, 7) is 0.740. The summed E-state index contributed by atoms with van der Waals surface area (Å²) in [5, 5.41) is 10.2. The number of anilines is 1. The molecule has 0 saturated carbocycles. The van der Waals surface area contributed by atoms with E-state index in [2.05, 4.69) is 5.32 Å². The molecule has 0 bridgehead atoms. The van der Waals surface area contributed by atoms with Gasteiger partial charge in [0.25, 0.3) is 0 Å². The zero-order valence-corrected chi connectivity index (χ0v) is 14.8. The van der Waals surface area contributed by atoms with Gasteiger partial charge >= 0.3 is 6.18 Å². The van der Waals surface area contributed by atoms with Crippen molar-refractivity contribution in [1.29, 1.82) is 0 Å². The molecule has 28 heavy (non-hydrogen) atoms. The molecule has 0 spiro atoms.